The molecule has 1 heterocycles. The summed E-state index contributed by atoms with van der Waals surface area (Å²) in [6.45, 7) is 3.32. The van der Waals surface area contributed by atoms with Crippen LogP contribution in [0.4, 0.5) is 0 Å². The number of halogens is 1. The summed E-state index contributed by atoms with van der Waals surface area (Å²) in [6, 6.07) is 5.78. The van der Waals surface area contributed by atoms with Crippen molar-refractivity contribution < 1.29 is 22.4 Å². The fourth-order valence-electron chi connectivity index (χ4n) is 1.91. The molecule has 2 N–H and O–H groups in total. The molecule has 1 aromatic heterocycles. The standard InChI is InChI=1S/C14H15BrN2O5S/c1-8-6-11(9(2)22-8)14(18)16-17-23(19,20)10-4-5-13(21-3)12(15)7-10/h4-7,17H,1-3H3,(H,16,18). The molecule has 0 fully saturated rings. The number of hydrogen-bond acceptors (Lipinski definition) is 5. The molecule has 0 aliphatic carbocycles. The Hall–Kier alpha value is -1.84. The number of methoxy groups -OCH3 is 1. The molecule has 124 valence electrons. The summed E-state index contributed by atoms with van der Waals surface area (Å²) >= 11 is 3.21. The maximum atomic E-state index is 12.2. The summed E-state index contributed by atoms with van der Waals surface area (Å²) in [5.41, 5.74) is 2.42. The number of ether oxygens (including phenoxy) is 1. The molecule has 0 radical (unpaired) electrons. The minimum atomic E-state index is -3.91. The highest BCUT2D eigenvalue weighted by Gasteiger charge is 2.19. The van der Waals surface area contributed by atoms with Gasteiger partial charge in [-0.1, -0.05) is 0 Å². The van der Waals surface area contributed by atoms with E-state index >= 15 is 0 Å². The van der Waals surface area contributed by atoms with Crippen LogP contribution in [0.15, 0.2) is 38.1 Å². The highest BCUT2D eigenvalue weighted by atomic mass is 79.9. The van der Waals surface area contributed by atoms with Crippen molar-refractivity contribution in [2.24, 2.45) is 0 Å². The summed E-state index contributed by atoms with van der Waals surface area (Å²) in [7, 11) is -2.44. The zero-order valence-electron chi connectivity index (χ0n) is 12.6. The SMILES string of the molecule is COc1ccc(S(=O)(=O)NNC(=O)c2cc(C)oc2C)cc1Br. The molecule has 0 spiro atoms. The van der Waals surface area contributed by atoms with E-state index in [0.717, 1.165) is 0 Å². The average molecular weight is 403 g/mol. The van der Waals surface area contributed by atoms with Gasteiger partial charge in [0, 0.05) is 0 Å². The van der Waals surface area contributed by atoms with Crippen molar-refractivity contribution in [2.45, 2.75) is 18.7 Å². The number of hydrogen-bond donors (Lipinski definition) is 2. The fraction of sp³-hybridized carbons (Fsp3) is 0.214. The third-order valence-electron chi connectivity index (χ3n) is 3.02. The molecule has 1 aromatic carbocycles. The smallest absolute Gasteiger partial charge is 0.269 e. The van der Waals surface area contributed by atoms with Gasteiger partial charge in [-0.3, -0.25) is 10.2 Å². The van der Waals surface area contributed by atoms with Crippen LogP contribution in [0.5, 0.6) is 5.75 Å². The fourth-order valence-corrected chi connectivity index (χ4v) is 3.47. The van der Waals surface area contributed by atoms with E-state index in [1.165, 1.54) is 31.4 Å². The Labute approximate surface area is 142 Å². The maximum absolute atomic E-state index is 12.2. The second-order valence-electron chi connectivity index (χ2n) is 4.68. The molecule has 0 saturated carbocycles. The van der Waals surface area contributed by atoms with Gasteiger partial charge < -0.3 is 9.15 Å². The zero-order valence-corrected chi connectivity index (χ0v) is 15.0. The van der Waals surface area contributed by atoms with E-state index in [1.807, 2.05) is 4.83 Å². The summed E-state index contributed by atoms with van der Waals surface area (Å²) in [5.74, 6) is 0.869. The lowest BCUT2D eigenvalue weighted by molar-refractivity contribution is 0.0943. The maximum Gasteiger partial charge on any atom is 0.269 e. The summed E-state index contributed by atoms with van der Waals surface area (Å²) in [6.07, 6.45) is 0. The molecule has 0 saturated heterocycles. The van der Waals surface area contributed by atoms with Crippen LogP contribution in [0.1, 0.15) is 21.9 Å². The van der Waals surface area contributed by atoms with Gasteiger partial charge in [-0.2, -0.15) is 0 Å². The first-order chi connectivity index (χ1) is 10.7. The number of furan rings is 1. The van der Waals surface area contributed by atoms with Crippen molar-refractivity contribution >= 4 is 31.9 Å². The Morgan fingerprint density at radius 3 is 2.48 bits per heavy atom. The van der Waals surface area contributed by atoms with Crippen LogP contribution in [0, 0.1) is 13.8 Å². The monoisotopic (exact) mass is 402 g/mol. The van der Waals surface area contributed by atoms with Crippen molar-refractivity contribution in [3.05, 3.63) is 45.8 Å². The van der Waals surface area contributed by atoms with Crippen molar-refractivity contribution in [2.75, 3.05) is 7.11 Å². The number of hydrazine groups is 1. The Balaban J connectivity index is 2.14. The predicted molar refractivity (Wildman–Crippen MR) is 86.7 cm³/mol. The second-order valence-corrected chi connectivity index (χ2v) is 7.22. The topological polar surface area (TPSA) is 97.6 Å². The van der Waals surface area contributed by atoms with Gasteiger partial charge in [-0.25, -0.2) is 8.42 Å². The predicted octanol–water partition coefficient (Wildman–Crippen LogP) is 2.29. The Bertz CT molecular complexity index is 845. The third kappa shape index (κ3) is 3.92. The Morgan fingerprint density at radius 2 is 1.96 bits per heavy atom. The van der Waals surface area contributed by atoms with Gasteiger partial charge in [-0.05, 0) is 54.0 Å². The van der Waals surface area contributed by atoms with Crippen molar-refractivity contribution in [3.63, 3.8) is 0 Å². The Morgan fingerprint density at radius 1 is 1.26 bits per heavy atom. The lowest BCUT2D eigenvalue weighted by Crippen LogP contribution is -2.41. The van der Waals surface area contributed by atoms with E-state index < -0.39 is 15.9 Å². The summed E-state index contributed by atoms with van der Waals surface area (Å²) in [4.78, 5) is 14.0. The van der Waals surface area contributed by atoms with Crippen LogP contribution in [0.2, 0.25) is 0 Å². The molecule has 0 atom stereocenters. The number of aryl methyl sites for hydroxylation is 2. The minimum Gasteiger partial charge on any atom is -0.496 e. The first-order valence-electron chi connectivity index (χ1n) is 6.47. The van der Waals surface area contributed by atoms with Gasteiger partial charge in [0.05, 0.1) is 22.0 Å². The van der Waals surface area contributed by atoms with Gasteiger partial charge >= 0.3 is 0 Å². The molecule has 0 aliphatic heterocycles. The number of carbonyl (C=O) groups excluding carboxylic acids is 1. The second kappa shape index (κ2) is 6.73. The molecule has 23 heavy (non-hydrogen) atoms. The molecule has 1 amide bonds. The Kier molecular flexibility index (Phi) is 5.12. The van der Waals surface area contributed by atoms with Gasteiger partial charge in [0.25, 0.3) is 15.9 Å². The first kappa shape index (κ1) is 17.5. The molecule has 7 nitrogen and oxygen atoms in total. The molecule has 2 rings (SSSR count). The molecule has 0 aliphatic rings. The lowest BCUT2D eigenvalue weighted by atomic mass is 10.2. The van der Waals surface area contributed by atoms with E-state index in [9.17, 15) is 13.2 Å². The van der Waals surface area contributed by atoms with Gasteiger partial charge in [0.15, 0.2) is 0 Å². The lowest BCUT2D eigenvalue weighted by Gasteiger charge is -2.09. The third-order valence-corrected chi connectivity index (χ3v) is 4.88. The van der Waals surface area contributed by atoms with E-state index in [-0.39, 0.29) is 10.5 Å². The zero-order chi connectivity index (χ0) is 17.2. The molecule has 0 unspecified atom stereocenters. The van der Waals surface area contributed by atoms with Gasteiger partial charge in [-0.15, -0.1) is 4.83 Å². The highest BCUT2D eigenvalue weighted by Crippen LogP contribution is 2.27. The molecule has 9 heteroatoms. The quantitative estimate of drug-likeness (QED) is 0.747. The van der Waals surface area contributed by atoms with E-state index in [0.29, 0.717) is 21.7 Å². The number of sulfonamides is 1. The number of carbonyl (C=O) groups is 1. The first-order valence-corrected chi connectivity index (χ1v) is 8.75. The average Bonchev–Trinajstić information content (AvgIpc) is 2.83. The highest BCUT2D eigenvalue weighted by molar-refractivity contribution is 9.10. The normalized spacial score (nSPS) is 11.3. The van der Waals surface area contributed by atoms with E-state index in [2.05, 4.69) is 21.4 Å². The number of nitrogens with one attached hydrogen (secondary N) is 2. The van der Waals surface area contributed by atoms with E-state index in [1.54, 1.807) is 13.8 Å². The summed E-state index contributed by atoms with van der Waals surface area (Å²) < 4.78 is 35.2. The molecule has 2 aromatic rings. The van der Waals surface area contributed by atoms with Crippen molar-refractivity contribution in [3.8, 4) is 5.75 Å². The number of benzene rings is 1. The largest absolute Gasteiger partial charge is 0.496 e. The van der Waals surface area contributed by atoms with Crippen LogP contribution >= 0.6 is 15.9 Å². The summed E-state index contributed by atoms with van der Waals surface area (Å²) in [5, 5.41) is 0. The van der Waals surface area contributed by atoms with Crippen LogP contribution in [0.25, 0.3) is 0 Å². The number of rotatable bonds is 5. The molecular formula is C14H15BrN2O5S. The molecular weight excluding hydrogens is 388 g/mol. The molecule has 0 bridgehead atoms. The van der Waals surface area contributed by atoms with Crippen LogP contribution in [-0.2, 0) is 10.0 Å². The van der Waals surface area contributed by atoms with Crippen LogP contribution in [0.3, 0.4) is 0 Å². The van der Waals surface area contributed by atoms with E-state index in [4.69, 9.17) is 9.15 Å². The number of amides is 1. The minimum absolute atomic E-state index is 0.0226. The van der Waals surface area contributed by atoms with Gasteiger partial charge in [0.1, 0.15) is 17.3 Å². The van der Waals surface area contributed by atoms with Crippen molar-refractivity contribution in [1.82, 2.24) is 10.3 Å². The van der Waals surface area contributed by atoms with Crippen LogP contribution in [-0.4, -0.2) is 21.4 Å². The van der Waals surface area contributed by atoms with Crippen LogP contribution < -0.4 is 15.0 Å². The van der Waals surface area contributed by atoms with Gasteiger partial charge in [0.2, 0.25) is 0 Å². The van der Waals surface area contributed by atoms with Crippen molar-refractivity contribution in [1.29, 1.82) is 0 Å².